The van der Waals surface area contributed by atoms with E-state index in [1.807, 2.05) is 43.3 Å². The number of amides is 1. The second-order valence-electron chi connectivity index (χ2n) is 7.00. The molecule has 0 aliphatic heterocycles. The molecule has 4 aromatic rings. The average molecular weight is 418 g/mol. The summed E-state index contributed by atoms with van der Waals surface area (Å²) >= 11 is 6.42. The summed E-state index contributed by atoms with van der Waals surface area (Å²) in [5.41, 5.74) is 5.93. The lowest BCUT2D eigenvalue weighted by molar-refractivity contribution is -0.116. The lowest BCUT2D eigenvalue weighted by atomic mass is 9.96. The smallest absolute Gasteiger partial charge is 0.247 e. The fraction of sp³-hybridized carbons (Fsp3) is 0.125. The second kappa shape index (κ2) is 8.13. The summed E-state index contributed by atoms with van der Waals surface area (Å²) in [6, 6.07) is 16.9. The van der Waals surface area contributed by atoms with Gasteiger partial charge in [-0.2, -0.15) is 0 Å². The first-order chi connectivity index (χ1) is 14.5. The van der Waals surface area contributed by atoms with Crippen molar-refractivity contribution in [3.8, 4) is 22.4 Å². The van der Waals surface area contributed by atoms with Gasteiger partial charge in [0.1, 0.15) is 5.69 Å². The number of carbonyl (C=O) groups excluding carboxylic acids is 1. The molecule has 1 amide bonds. The zero-order chi connectivity index (χ0) is 21.3. The lowest BCUT2D eigenvalue weighted by Gasteiger charge is -2.20. The predicted molar refractivity (Wildman–Crippen MR) is 119 cm³/mol. The molecule has 5 nitrogen and oxygen atoms in total. The van der Waals surface area contributed by atoms with Gasteiger partial charge in [0.15, 0.2) is 0 Å². The van der Waals surface area contributed by atoms with Crippen LogP contribution in [0.3, 0.4) is 0 Å². The Morgan fingerprint density at radius 2 is 1.73 bits per heavy atom. The first kappa shape index (κ1) is 19.9. The van der Waals surface area contributed by atoms with Crippen molar-refractivity contribution in [2.24, 2.45) is 0 Å². The third kappa shape index (κ3) is 3.48. The molecular formula is C24H20ClN3O2. The molecule has 0 N–H and O–H groups in total. The minimum atomic E-state index is -0.234. The van der Waals surface area contributed by atoms with Gasteiger partial charge in [0.2, 0.25) is 11.8 Å². The minimum absolute atomic E-state index is 0.234. The zero-order valence-electron chi connectivity index (χ0n) is 16.9. The summed E-state index contributed by atoms with van der Waals surface area (Å²) in [5, 5.41) is 4.83. The van der Waals surface area contributed by atoms with Gasteiger partial charge in [-0.25, -0.2) is 4.90 Å². The molecule has 0 saturated carbocycles. The Hall–Kier alpha value is -3.44. The fourth-order valence-corrected chi connectivity index (χ4v) is 3.68. The summed E-state index contributed by atoms with van der Waals surface area (Å²) in [5.74, 6) is 0.0831. The van der Waals surface area contributed by atoms with Gasteiger partial charge >= 0.3 is 0 Å². The van der Waals surface area contributed by atoms with E-state index in [9.17, 15) is 4.79 Å². The van der Waals surface area contributed by atoms with E-state index in [0.717, 1.165) is 22.3 Å². The molecule has 150 valence electrons. The maximum absolute atomic E-state index is 12.7. The van der Waals surface area contributed by atoms with Gasteiger partial charge in [-0.05, 0) is 54.8 Å². The van der Waals surface area contributed by atoms with Gasteiger partial charge in [-0.1, -0.05) is 47.1 Å². The molecule has 0 unspecified atom stereocenters. The van der Waals surface area contributed by atoms with Crippen LogP contribution in [0.5, 0.6) is 0 Å². The molecule has 2 heterocycles. The van der Waals surface area contributed by atoms with Crippen LogP contribution in [0.15, 0.2) is 71.5 Å². The predicted octanol–water partition coefficient (Wildman–Crippen LogP) is 6.36. The van der Waals surface area contributed by atoms with E-state index in [-0.39, 0.29) is 5.91 Å². The van der Waals surface area contributed by atoms with Crippen molar-refractivity contribution in [3.63, 3.8) is 0 Å². The summed E-state index contributed by atoms with van der Waals surface area (Å²) in [7, 11) is 0. The molecule has 0 aliphatic rings. The molecule has 30 heavy (non-hydrogen) atoms. The Kier molecular flexibility index (Phi) is 5.38. The SMILES string of the molecule is CC(=O)N(c1ccccc1Cl)c1onc(-c2cccc(C)c2C)c1-c1ccncc1. The van der Waals surface area contributed by atoms with Gasteiger partial charge in [-0.3, -0.25) is 9.78 Å². The van der Waals surface area contributed by atoms with Crippen molar-refractivity contribution in [3.05, 3.63) is 83.1 Å². The number of hydrogen-bond donors (Lipinski definition) is 0. The zero-order valence-corrected chi connectivity index (χ0v) is 17.6. The quantitative estimate of drug-likeness (QED) is 0.387. The van der Waals surface area contributed by atoms with Crippen LogP contribution in [-0.4, -0.2) is 16.0 Å². The molecule has 0 saturated heterocycles. The minimum Gasteiger partial charge on any atom is -0.337 e. The standard InChI is InChI=1S/C24H20ClN3O2/c1-15-7-6-8-19(16(15)2)23-22(18-11-13-26-14-12-18)24(30-27-23)28(17(3)29)21-10-5-4-9-20(21)25/h4-14H,1-3H3. The van der Waals surface area contributed by atoms with Crippen molar-refractivity contribution in [1.82, 2.24) is 10.1 Å². The summed E-state index contributed by atoms with van der Waals surface area (Å²) in [6.45, 7) is 5.57. The number of carbonyl (C=O) groups is 1. The van der Waals surface area contributed by atoms with Gasteiger partial charge in [0, 0.05) is 24.9 Å². The van der Waals surface area contributed by atoms with Crippen LogP contribution in [0.4, 0.5) is 11.6 Å². The van der Waals surface area contributed by atoms with Crippen LogP contribution >= 0.6 is 11.6 Å². The topological polar surface area (TPSA) is 59.2 Å². The van der Waals surface area contributed by atoms with Gasteiger partial charge < -0.3 is 4.52 Å². The van der Waals surface area contributed by atoms with Crippen molar-refractivity contribution in [2.45, 2.75) is 20.8 Å². The van der Waals surface area contributed by atoms with Gasteiger partial charge in [0.05, 0.1) is 16.3 Å². The van der Waals surface area contributed by atoms with Crippen LogP contribution in [0, 0.1) is 13.8 Å². The molecular weight excluding hydrogens is 398 g/mol. The number of rotatable bonds is 4. The first-order valence-electron chi connectivity index (χ1n) is 9.51. The Morgan fingerprint density at radius 3 is 2.43 bits per heavy atom. The maximum Gasteiger partial charge on any atom is 0.247 e. The Morgan fingerprint density at radius 1 is 1.00 bits per heavy atom. The van der Waals surface area contributed by atoms with Crippen LogP contribution < -0.4 is 4.90 Å². The number of nitrogens with zero attached hydrogens (tertiary/aromatic N) is 3. The summed E-state index contributed by atoms with van der Waals surface area (Å²) in [4.78, 5) is 18.3. The lowest BCUT2D eigenvalue weighted by Crippen LogP contribution is -2.23. The highest BCUT2D eigenvalue weighted by Crippen LogP contribution is 2.44. The molecule has 0 bridgehead atoms. The van der Waals surface area contributed by atoms with E-state index < -0.39 is 0 Å². The first-order valence-corrected chi connectivity index (χ1v) is 9.88. The Labute approximate surface area is 179 Å². The highest BCUT2D eigenvalue weighted by atomic mass is 35.5. The van der Waals surface area contributed by atoms with E-state index in [1.165, 1.54) is 11.8 Å². The fourth-order valence-electron chi connectivity index (χ4n) is 3.46. The number of benzene rings is 2. The van der Waals surface area contributed by atoms with E-state index in [2.05, 4.69) is 23.1 Å². The molecule has 4 rings (SSSR count). The van der Waals surface area contributed by atoms with E-state index in [4.69, 9.17) is 16.1 Å². The number of para-hydroxylation sites is 1. The normalized spacial score (nSPS) is 10.8. The van der Waals surface area contributed by atoms with Gasteiger partial charge in [0.25, 0.3) is 0 Å². The van der Waals surface area contributed by atoms with Crippen molar-refractivity contribution < 1.29 is 9.32 Å². The molecule has 6 heteroatoms. The molecule has 0 fully saturated rings. The average Bonchev–Trinajstić information content (AvgIpc) is 3.16. The van der Waals surface area contributed by atoms with Crippen LogP contribution in [-0.2, 0) is 4.79 Å². The van der Waals surface area contributed by atoms with E-state index >= 15 is 0 Å². The second-order valence-corrected chi connectivity index (χ2v) is 7.41. The number of hydrogen-bond acceptors (Lipinski definition) is 4. The van der Waals surface area contributed by atoms with Crippen molar-refractivity contribution >= 4 is 29.1 Å². The van der Waals surface area contributed by atoms with Crippen LogP contribution in [0.2, 0.25) is 5.02 Å². The Bertz CT molecular complexity index is 1220. The third-order valence-electron chi connectivity index (χ3n) is 5.11. The van der Waals surface area contributed by atoms with E-state index in [0.29, 0.717) is 27.9 Å². The Balaban J connectivity index is 2.02. The number of pyridine rings is 1. The molecule has 0 radical (unpaired) electrons. The van der Waals surface area contributed by atoms with Crippen molar-refractivity contribution in [1.29, 1.82) is 0 Å². The molecule has 0 aliphatic carbocycles. The highest BCUT2D eigenvalue weighted by molar-refractivity contribution is 6.34. The molecule has 2 aromatic heterocycles. The molecule has 2 aromatic carbocycles. The highest BCUT2D eigenvalue weighted by Gasteiger charge is 2.29. The van der Waals surface area contributed by atoms with Crippen molar-refractivity contribution in [2.75, 3.05) is 4.90 Å². The number of halogens is 1. The monoisotopic (exact) mass is 417 g/mol. The summed E-state index contributed by atoms with van der Waals surface area (Å²) in [6.07, 6.45) is 3.40. The number of anilines is 2. The molecule has 0 spiro atoms. The van der Waals surface area contributed by atoms with Crippen LogP contribution in [0.1, 0.15) is 18.1 Å². The molecule has 0 atom stereocenters. The maximum atomic E-state index is 12.7. The largest absolute Gasteiger partial charge is 0.337 e. The number of aryl methyl sites for hydroxylation is 1. The van der Waals surface area contributed by atoms with E-state index in [1.54, 1.807) is 24.5 Å². The summed E-state index contributed by atoms with van der Waals surface area (Å²) < 4.78 is 5.81. The van der Waals surface area contributed by atoms with Gasteiger partial charge in [-0.15, -0.1) is 0 Å². The third-order valence-corrected chi connectivity index (χ3v) is 5.43. The number of aromatic nitrogens is 2. The van der Waals surface area contributed by atoms with Crippen LogP contribution in [0.25, 0.3) is 22.4 Å².